The van der Waals surface area contributed by atoms with E-state index < -0.39 is 0 Å². The van der Waals surface area contributed by atoms with Crippen molar-refractivity contribution in [2.45, 2.75) is 12.8 Å². The lowest BCUT2D eigenvalue weighted by Gasteiger charge is -2.02. The maximum Gasteiger partial charge on any atom is 0.338 e. The van der Waals surface area contributed by atoms with Crippen molar-refractivity contribution in [3.63, 3.8) is 0 Å². The molecule has 0 N–H and O–H groups in total. The van der Waals surface area contributed by atoms with Gasteiger partial charge in [0.2, 0.25) is 0 Å². The van der Waals surface area contributed by atoms with Gasteiger partial charge in [0.1, 0.15) is 6.29 Å². The van der Waals surface area contributed by atoms with E-state index in [1.807, 2.05) is 6.07 Å². The first-order valence-electron chi connectivity index (χ1n) is 4.50. The molecule has 0 bridgehead atoms. The Bertz CT molecular complexity index is 293. The van der Waals surface area contributed by atoms with Crippen molar-refractivity contribution < 1.29 is 14.3 Å². The summed E-state index contributed by atoms with van der Waals surface area (Å²) in [4.78, 5) is 21.3. The third kappa shape index (κ3) is 3.39. The van der Waals surface area contributed by atoms with Gasteiger partial charge in [-0.2, -0.15) is 0 Å². The monoisotopic (exact) mass is 192 g/mol. The number of esters is 1. The second-order valence-electron chi connectivity index (χ2n) is 2.81. The molecule has 1 rings (SSSR count). The van der Waals surface area contributed by atoms with Gasteiger partial charge in [0.05, 0.1) is 12.2 Å². The molecule has 74 valence electrons. The molecule has 0 fully saturated rings. The summed E-state index contributed by atoms with van der Waals surface area (Å²) in [5, 5.41) is 0. The van der Waals surface area contributed by atoms with Gasteiger partial charge >= 0.3 is 5.97 Å². The van der Waals surface area contributed by atoms with Crippen molar-refractivity contribution in [3.8, 4) is 0 Å². The number of aldehydes is 1. The largest absolute Gasteiger partial charge is 0.462 e. The minimum Gasteiger partial charge on any atom is -0.462 e. The Morgan fingerprint density at radius 2 is 2.00 bits per heavy atom. The quantitative estimate of drug-likeness (QED) is 0.406. The van der Waals surface area contributed by atoms with E-state index in [1.165, 1.54) is 0 Å². The maximum absolute atomic E-state index is 11.3. The predicted molar refractivity (Wildman–Crippen MR) is 52.0 cm³/mol. The fraction of sp³-hybridized carbons (Fsp3) is 0.273. The van der Waals surface area contributed by atoms with Gasteiger partial charge in [0.15, 0.2) is 0 Å². The summed E-state index contributed by atoms with van der Waals surface area (Å²) in [5.41, 5.74) is 0.540. The molecule has 1 aromatic rings. The highest BCUT2D eigenvalue weighted by atomic mass is 16.5. The van der Waals surface area contributed by atoms with Crippen molar-refractivity contribution >= 4 is 12.3 Å². The zero-order valence-electron chi connectivity index (χ0n) is 7.81. The van der Waals surface area contributed by atoms with E-state index in [4.69, 9.17) is 4.74 Å². The number of hydrogen-bond acceptors (Lipinski definition) is 3. The molecule has 0 amide bonds. The number of carbonyl (C=O) groups excluding carboxylic acids is 2. The topological polar surface area (TPSA) is 43.4 Å². The van der Waals surface area contributed by atoms with Gasteiger partial charge in [-0.1, -0.05) is 18.2 Å². The summed E-state index contributed by atoms with van der Waals surface area (Å²) in [6.07, 6.45) is 1.83. The Morgan fingerprint density at radius 1 is 1.29 bits per heavy atom. The van der Waals surface area contributed by atoms with E-state index in [1.54, 1.807) is 24.3 Å². The molecule has 3 heteroatoms. The van der Waals surface area contributed by atoms with Crippen LogP contribution in [0.4, 0.5) is 0 Å². The van der Waals surface area contributed by atoms with Crippen LogP contribution >= 0.6 is 0 Å². The summed E-state index contributed by atoms with van der Waals surface area (Å²) in [6, 6.07) is 8.79. The van der Waals surface area contributed by atoms with Crippen molar-refractivity contribution in [1.29, 1.82) is 0 Å². The summed E-state index contributed by atoms with van der Waals surface area (Å²) in [5.74, 6) is -0.337. The molecule has 3 nitrogen and oxygen atoms in total. The highest BCUT2D eigenvalue weighted by molar-refractivity contribution is 5.89. The normalized spacial score (nSPS) is 9.43. The highest BCUT2D eigenvalue weighted by Gasteiger charge is 2.04. The first-order chi connectivity index (χ1) is 6.84. The van der Waals surface area contributed by atoms with Crippen LogP contribution in [0.5, 0.6) is 0 Å². The molecule has 0 spiro atoms. The fourth-order valence-corrected chi connectivity index (χ4v) is 0.989. The van der Waals surface area contributed by atoms with Gasteiger partial charge < -0.3 is 9.53 Å². The molecular formula is C11H12O3. The smallest absolute Gasteiger partial charge is 0.338 e. The number of hydrogen-bond donors (Lipinski definition) is 0. The minimum atomic E-state index is -0.337. The molecule has 14 heavy (non-hydrogen) atoms. The Kier molecular flexibility index (Phi) is 4.41. The third-order valence-electron chi connectivity index (χ3n) is 1.71. The standard InChI is InChI=1S/C11H12O3/c12-8-4-5-9-14-11(13)10-6-2-1-3-7-10/h1-3,6-8H,4-5,9H2. The number of ether oxygens (including phenoxy) is 1. The van der Waals surface area contributed by atoms with Gasteiger partial charge in [0, 0.05) is 6.42 Å². The molecule has 0 atom stereocenters. The Balaban J connectivity index is 2.32. The minimum absolute atomic E-state index is 0.298. The highest BCUT2D eigenvalue weighted by Crippen LogP contribution is 2.01. The fourth-order valence-electron chi connectivity index (χ4n) is 0.989. The van der Waals surface area contributed by atoms with Crippen LogP contribution in [0.2, 0.25) is 0 Å². The number of carbonyl (C=O) groups is 2. The van der Waals surface area contributed by atoms with E-state index >= 15 is 0 Å². The molecular weight excluding hydrogens is 180 g/mol. The lowest BCUT2D eigenvalue weighted by Crippen LogP contribution is -2.06. The summed E-state index contributed by atoms with van der Waals surface area (Å²) < 4.78 is 4.93. The SMILES string of the molecule is O=CCCCOC(=O)c1ccccc1. The molecule has 0 saturated heterocycles. The molecule has 0 aromatic heterocycles. The number of benzene rings is 1. The van der Waals surface area contributed by atoms with Gasteiger partial charge in [-0.15, -0.1) is 0 Å². The summed E-state index contributed by atoms with van der Waals surface area (Å²) in [7, 11) is 0. The van der Waals surface area contributed by atoms with E-state index in [0.29, 0.717) is 25.0 Å². The van der Waals surface area contributed by atoms with Crippen LogP contribution in [-0.4, -0.2) is 18.9 Å². The maximum atomic E-state index is 11.3. The average molecular weight is 192 g/mol. The second kappa shape index (κ2) is 5.91. The van der Waals surface area contributed by atoms with Crippen LogP contribution in [0.1, 0.15) is 23.2 Å². The molecule has 0 aliphatic carbocycles. The van der Waals surface area contributed by atoms with Crippen LogP contribution in [0.15, 0.2) is 30.3 Å². The van der Waals surface area contributed by atoms with Gasteiger partial charge in [-0.25, -0.2) is 4.79 Å². The summed E-state index contributed by atoms with van der Waals surface area (Å²) in [6.45, 7) is 0.298. The van der Waals surface area contributed by atoms with E-state index in [9.17, 15) is 9.59 Å². The lowest BCUT2D eigenvalue weighted by atomic mass is 10.2. The predicted octanol–water partition coefficient (Wildman–Crippen LogP) is 1.82. The van der Waals surface area contributed by atoms with E-state index in [2.05, 4.69) is 0 Å². The average Bonchev–Trinajstić information content (AvgIpc) is 2.25. The first kappa shape index (κ1) is 10.4. The Morgan fingerprint density at radius 3 is 2.64 bits per heavy atom. The molecule has 0 radical (unpaired) electrons. The van der Waals surface area contributed by atoms with E-state index in [0.717, 1.165) is 6.29 Å². The van der Waals surface area contributed by atoms with Crippen molar-refractivity contribution in [3.05, 3.63) is 35.9 Å². The Labute approximate surface area is 82.7 Å². The molecule has 0 heterocycles. The van der Waals surface area contributed by atoms with Crippen LogP contribution in [0.3, 0.4) is 0 Å². The van der Waals surface area contributed by atoms with Gasteiger partial charge in [-0.05, 0) is 18.6 Å². The van der Waals surface area contributed by atoms with Crippen LogP contribution in [-0.2, 0) is 9.53 Å². The van der Waals surface area contributed by atoms with Crippen LogP contribution in [0, 0.1) is 0 Å². The Hall–Kier alpha value is -1.64. The van der Waals surface area contributed by atoms with E-state index in [-0.39, 0.29) is 5.97 Å². The van der Waals surface area contributed by atoms with Crippen molar-refractivity contribution in [2.24, 2.45) is 0 Å². The van der Waals surface area contributed by atoms with Crippen molar-refractivity contribution in [1.82, 2.24) is 0 Å². The third-order valence-corrected chi connectivity index (χ3v) is 1.71. The zero-order chi connectivity index (χ0) is 10.2. The molecule has 0 aliphatic rings. The molecule has 1 aromatic carbocycles. The number of unbranched alkanes of at least 4 members (excludes halogenated alkanes) is 1. The molecule has 0 saturated carbocycles. The second-order valence-corrected chi connectivity index (χ2v) is 2.81. The first-order valence-corrected chi connectivity index (χ1v) is 4.50. The number of rotatable bonds is 5. The lowest BCUT2D eigenvalue weighted by molar-refractivity contribution is -0.108. The van der Waals surface area contributed by atoms with Gasteiger partial charge in [0.25, 0.3) is 0 Å². The molecule has 0 unspecified atom stereocenters. The summed E-state index contributed by atoms with van der Waals surface area (Å²) >= 11 is 0. The van der Waals surface area contributed by atoms with Crippen LogP contribution in [0.25, 0.3) is 0 Å². The van der Waals surface area contributed by atoms with Crippen molar-refractivity contribution in [2.75, 3.05) is 6.61 Å². The van der Waals surface area contributed by atoms with Crippen LogP contribution < -0.4 is 0 Å². The molecule has 0 aliphatic heterocycles. The zero-order valence-corrected chi connectivity index (χ0v) is 7.81. The van der Waals surface area contributed by atoms with Gasteiger partial charge in [-0.3, -0.25) is 0 Å².